The second kappa shape index (κ2) is 3.60. The molecule has 0 unspecified atom stereocenters. The lowest BCUT2D eigenvalue weighted by molar-refractivity contribution is 0.519. The van der Waals surface area contributed by atoms with Crippen LogP contribution < -0.4 is 0 Å². The van der Waals surface area contributed by atoms with Crippen LogP contribution in [0.2, 0.25) is 0 Å². The van der Waals surface area contributed by atoms with Gasteiger partial charge in [-0.1, -0.05) is 56.6 Å². The zero-order chi connectivity index (χ0) is 12.1. The molecule has 0 saturated carbocycles. The van der Waals surface area contributed by atoms with Crippen molar-refractivity contribution in [3.63, 3.8) is 0 Å². The van der Waals surface area contributed by atoms with E-state index in [2.05, 4.69) is 62.7 Å². The van der Waals surface area contributed by atoms with Crippen LogP contribution in [-0.2, 0) is 17.3 Å². The van der Waals surface area contributed by atoms with Gasteiger partial charge in [-0.15, -0.1) is 0 Å². The predicted octanol–water partition coefficient (Wildman–Crippen LogP) is 4.97. The van der Waals surface area contributed by atoms with E-state index in [1.165, 1.54) is 28.4 Å². The van der Waals surface area contributed by atoms with Gasteiger partial charge in [0, 0.05) is 4.47 Å². The molecule has 0 saturated heterocycles. The Bertz CT molecular complexity index is 422. The molecule has 88 valence electrons. The Morgan fingerprint density at radius 3 is 2.38 bits per heavy atom. The molecule has 0 fully saturated rings. The van der Waals surface area contributed by atoms with E-state index in [4.69, 9.17) is 0 Å². The summed E-state index contributed by atoms with van der Waals surface area (Å²) in [6.45, 7) is 11.6. The highest BCUT2D eigenvalue weighted by Gasteiger charge is 2.32. The molecule has 0 amide bonds. The van der Waals surface area contributed by atoms with Crippen LogP contribution in [0.4, 0.5) is 0 Å². The maximum atomic E-state index is 3.74. The van der Waals surface area contributed by atoms with Gasteiger partial charge in [-0.3, -0.25) is 0 Å². The van der Waals surface area contributed by atoms with Gasteiger partial charge in [-0.25, -0.2) is 0 Å². The molecule has 0 atom stereocenters. The Balaban J connectivity index is 2.62. The van der Waals surface area contributed by atoms with Crippen molar-refractivity contribution in [1.82, 2.24) is 0 Å². The first-order chi connectivity index (χ1) is 7.22. The fraction of sp³-hybridized carbons (Fsp3) is 0.600. The lowest BCUT2D eigenvalue weighted by atomic mass is 9.81. The van der Waals surface area contributed by atoms with Gasteiger partial charge < -0.3 is 0 Å². The molecule has 0 aliphatic heterocycles. The topological polar surface area (TPSA) is 0 Å². The minimum Gasteiger partial charge on any atom is -0.0561 e. The third-order valence-corrected chi connectivity index (χ3v) is 4.50. The molecule has 0 N–H and O–H groups in total. The second-order valence-corrected chi connectivity index (χ2v) is 7.47. The largest absolute Gasteiger partial charge is 0.0561 e. The summed E-state index contributed by atoms with van der Waals surface area (Å²) < 4.78 is 1.31. The summed E-state index contributed by atoms with van der Waals surface area (Å²) in [6.07, 6.45) is 2.49. The lowest BCUT2D eigenvalue weighted by Crippen LogP contribution is -2.16. The van der Waals surface area contributed by atoms with Crippen LogP contribution in [0.25, 0.3) is 0 Å². The summed E-state index contributed by atoms with van der Waals surface area (Å²) in [5, 5.41) is 0. The van der Waals surface area contributed by atoms with Gasteiger partial charge in [-0.05, 0) is 46.4 Å². The van der Waals surface area contributed by atoms with Gasteiger partial charge in [0.15, 0.2) is 0 Å². The Morgan fingerprint density at radius 1 is 1.19 bits per heavy atom. The van der Waals surface area contributed by atoms with Crippen molar-refractivity contribution in [2.45, 2.75) is 58.3 Å². The summed E-state index contributed by atoms with van der Waals surface area (Å²) in [7, 11) is 0. The monoisotopic (exact) mass is 280 g/mol. The van der Waals surface area contributed by atoms with Gasteiger partial charge in [0.1, 0.15) is 0 Å². The van der Waals surface area contributed by atoms with E-state index >= 15 is 0 Å². The van der Waals surface area contributed by atoms with Gasteiger partial charge in [0.2, 0.25) is 0 Å². The first-order valence-corrected chi connectivity index (χ1v) is 6.84. The van der Waals surface area contributed by atoms with Crippen LogP contribution in [0.3, 0.4) is 0 Å². The molecular weight excluding hydrogens is 260 g/mol. The molecule has 0 bridgehead atoms. The van der Waals surface area contributed by atoms with Crippen molar-refractivity contribution in [3.05, 3.63) is 33.3 Å². The van der Waals surface area contributed by atoms with E-state index in [0.29, 0.717) is 5.41 Å². The predicted molar refractivity (Wildman–Crippen MR) is 74.2 cm³/mol. The number of rotatable bonds is 0. The van der Waals surface area contributed by atoms with Crippen LogP contribution in [0, 0.1) is 0 Å². The van der Waals surface area contributed by atoms with Crippen molar-refractivity contribution in [3.8, 4) is 0 Å². The molecule has 0 spiro atoms. The van der Waals surface area contributed by atoms with E-state index in [9.17, 15) is 0 Å². The molecule has 16 heavy (non-hydrogen) atoms. The summed E-state index contributed by atoms with van der Waals surface area (Å²) in [4.78, 5) is 0. The zero-order valence-electron chi connectivity index (χ0n) is 10.9. The maximum Gasteiger partial charge on any atom is 0.0213 e. The Hall–Kier alpha value is -0.300. The third-order valence-electron chi connectivity index (χ3n) is 3.79. The van der Waals surface area contributed by atoms with Crippen molar-refractivity contribution < 1.29 is 0 Å². The van der Waals surface area contributed by atoms with E-state index in [1.54, 1.807) is 5.56 Å². The van der Waals surface area contributed by atoms with Crippen LogP contribution in [0.15, 0.2) is 16.6 Å². The van der Waals surface area contributed by atoms with Gasteiger partial charge in [-0.2, -0.15) is 0 Å². The highest BCUT2D eigenvalue weighted by atomic mass is 79.9. The molecule has 0 radical (unpaired) electrons. The Morgan fingerprint density at radius 2 is 1.81 bits per heavy atom. The highest BCUT2D eigenvalue weighted by molar-refractivity contribution is 9.10. The SMILES string of the molecule is CC(C)(C)c1cc(Br)c2c(c1)C(C)(C)CC2. The average molecular weight is 281 g/mol. The number of hydrogen-bond acceptors (Lipinski definition) is 0. The molecule has 1 heteroatoms. The third kappa shape index (κ3) is 1.95. The summed E-state index contributed by atoms with van der Waals surface area (Å²) >= 11 is 3.74. The number of benzene rings is 1. The van der Waals surface area contributed by atoms with E-state index < -0.39 is 0 Å². The van der Waals surface area contributed by atoms with Crippen LogP contribution in [-0.4, -0.2) is 0 Å². The smallest absolute Gasteiger partial charge is 0.0213 e. The normalized spacial score (nSPS) is 18.6. The molecule has 0 heterocycles. The molecule has 1 aromatic carbocycles. The first kappa shape index (κ1) is 12.2. The zero-order valence-corrected chi connectivity index (χ0v) is 12.5. The maximum absolute atomic E-state index is 3.74. The Labute approximate surface area is 108 Å². The van der Waals surface area contributed by atoms with Crippen molar-refractivity contribution in [1.29, 1.82) is 0 Å². The molecule has 1 aromatic rings. The standard InChI is InChI=1S/C15H21Br/c1-14(2,3)10-8-12-11(13(16)9-10)6-7-15(12,4)5/h8-9H,6-7H2,1-5H3. The second-order valence-electron chi connectivity index (χ2n) is 6.62. The molecule has 1 aliphatic rings. The van der Waals surface area contributed by atoms with Crippen molar-refractivity contribution in [2.75, 3.05) is 0 Å². The van der Waals surface area contributed by atoms with E-state index in [0.717, 1.165) is 0 Å². The summed E-state index contributed by atoms with van der Waals surface area (Å²) in [5.41, 5.74) is 5.09. The Kier molecular flexibility index (Phi) is 2.73. The number of fused-ring (bicyclic) bond motifs is 1. The summed E-state index contributed by atoms with van der Waals surface area (Å²) in [6, 6.07) is 4.73. The number of hydrogen-bond donors (Lipinski definition) is 0. The molecule has 1 aliphatic carbocycles. The highest BCUT2D eigenvalue weighted by Crippen LogP contribution is 2.43. The molecule has 0 nitrogen and oxygen atoms in total. The van der Waals surface area contributed by atoms with Crippen LogP contribution in [0.1, 0.15) is 57.7 Å². The molecule has 0 aromatic heterocycles. The van der Waals surface area contributed by atoms with E-state index in [1.807, 2.05) is 0 Å². The molecular formula is C15H21Br. The van der Waals surface area contributed by atoms with Gasteiger partial charge in [0.05, 0.1) is 0 Å². The fourth-order valence-corrected chi connectivity index (χ4v) is 3.16. The summed E-state index contributed by atoms with van der Waals surface area (Å²) in [5.74, 6) is 0. The van der Waals surface area contributed by atoms with Crippen LogP contribution >= 0.6 is 15.9 Å². The minimum absolute atomic E-state index is 0.232. The van der Waals surface area contributed by atoms with Crippen molar-refractivity contribution in [2.24, 2.45) is 0 Å². The minimum atomic E-state index is 0.232. The van der Waals surface area contributed by atoms with Gasteiger partial charge in [0.25, 0.3) is 0 Å². The average Bonchev–Trinajstić information content (AvgIpc) is 2.41. The first-order valence-electron chi connectivity index (χ1n) is 6.05. The number of halogens is 1. The van der Waals surface area contributed by atoms with Crippen molar-refractivity contribution >= 4 is 15.9 Å². The van der Waals surface area contributed by atoms with Gasteiger partial charge >= 0.3 is 0 Å². The fourth-order valence-electron chi connectivity index (χ4n) is 2.50. The quantitative estimate of drug-likeness (QED) is 0.629. The van der Waals surface area contributed by atoms with E-state index in [-0.39, 0.29) is 5.41 Å². The molecule has 2 rings (SSSR count). The van der Waals surface area contributed by atoms with Crippen LogP contribution in [0.5, 0.6) is 0 Å². The lowest BCUT2D eigenvalue weighted by Gasteiger charge is -2.25.